The third-order valence-corrected chi connectivity index (χ3v) is 2.65. The molecule has 2 aromatic rings. The van der Waals surface area contributed by atoms with Crippen LogP contribution >= 0.6 is 15.9 Å². The summed E-state index contributed by atoms with van der Waals surface area (Å²) in [6.45, 7) is 0. The Morgan fingerprint density at radius 2 is 2.17 bits per heavy atom. The molecule has 1 heterocycles. The molecule has 0 spiro atoms. The molecule has 0 bridgehead atoms. The Labute approximate surface area is 111 Å². The first-order valence-electron chi connectivity index (χ1n) is 5.00. The number of nitrogen functional groups attached to an aromatic ring is 1. The van der Waals surface area contributed by atoms with Crippen molar-refractivity contribution in [3.05, 3.63) is 52.4 Å². The Bertz CT molecular complexity index is 604. The second-order valence-corrected chi connectivity index (χ2v) is 4.36. The van der Waals surface area contributed by atoms with Gasteiger partial charge in [0, 0.05) is 10.7 Å². The average Bonchev–Trinajstić information content (AvgIpc) is 2.34. The monoisotopic (exact) mass is 309 g/mol. The molecule has 92 valence electrons. The van der Waals surface area contributed by atoms with Gasteiger partial charge in [-0.15, -0.1) is 0 Å². The summed E-state index contributed by atoms with van der Waals surface area (Å²) in [5.41, 5.74) is 5.71. The Balaban J connectivity index is 2.40. The Morgan fingerprint density at radius 1 is 1.39 bits per heavy atom. The van der Waals surface area contributed by atoms with Crippen molar-refractivity contribution in [3.8, 4) is 11.6 Å². The summed E-state index contributed by atoms with van der Waals surface area (Å²) in [6.07, 6.45) is 1.48. The molecule has 0 saturated carbocycles. The number of nitrogens with one attached hydrogen (secondary N) is 1. The molecule has 6 heteroatoms. The number of rotatable bonds is 3. The summed E-state index contributed by atoms with van der Waals surface area (Å²) >= 11 is 3.22. The lowest BCUT2D eigenvalue weighted by atomic mass is 10.2. The standard InChI is InChI=1S/C12H9BrFN3O/c13-7-3-4-9(14)10(6-7)18-12-8(11(15)16)2-1-5-17-12/h1-6H,(H3,15,16). The van der Waals surface area contributed by atoms with Crippen molar-refractivity contribution < 1.29 is 9.13 Å². The topological polar surface area (TPSA) is 72.0 Å². The first-order chi connectivity index (χ1) is 8.58. The van der Waals surface area contributed by atoms with Gasteiger partial charge in [0.1, 0.15) is 5.84 Å². The summed E-state index contributed by atoms with van der Waals surface area (Å²) < 4.78 is 19.6. The van der Waals surface area contributed by atoms with Crippen molar-refractivity contribution in [2.75, 3.05) is 0 Å². The molecule has 4 nitrogen and oxygen atoms in total. The number of ether oxygens (including phenoxy) is 1. The third kappa shape index (κ3) is 2.65. The quantitative estimate of drug-likeness (QED) is 0.676. The molecule has 0 aliphatic rings. The van der Waals surface area contributed by atoms with Gasteiger partial charge in [0.25, 0.3) is 0 Å². The molecule has 0 unspecified atom stereocenters. The van der Waals surface area contributed by atoms with Gasteiger partial charge in [0.05, 0.1) is 5.56 Å². The van der Waals surface area contributed by atoms with E-state index in [0.29, 0.717) is 10.0 Å². The smallest absolute Gasteiger partial charge is 0.230 e. The number of halogens is 2. The van der Waals surface area contributed by atoms with Gasteiger partial charge < -0.3 is 10.5 Å². The van der Waals surface area contributed by atoms with Gasteiger partial charge in [0.15, 0.2) is 11.6 Å². The molecule has 1 aromatic heterocycles. The van der Waals surface area contributed by atoms with Crippen molar-refractivity contribution in [2.24, 2.45) is 5.73 Å². The van der Waals surface area contributed by atoms with Crippen LogP contribution in [-0.2, 0) is 0 Å². The van der Waals surface area contributed by atoms with Crippen molar-refractivity contribution in [3.63, 3.8) is 0 Å². The van der Waals surface area contributed by atoms with Crippen LogP contribution in [0.4, 0.5) is 4.39 Å². The molecule has 0 aliphatic carbocycles. The summed E-state index contributed by atoms with van der Waals surface area (Å²) in [4.78, 5) is 3.94. The van der Waals surface area contributed by atoms with Gasteiger partial charge in [-0.25, -0.2) is 9.37 Å². The second kappa shape index (κ2) is 5.14. The van der Waals surface area contributed by atoms with Crippen molar-refractivity contribution in [2.45, 2.75) is 0 Å². The molecule has 2 rings (SSSR count). The maximum absolute atomic E-state index is 13.5. The van der Waals surface area contributed by atoms with Crippen LogP contribution in [0.15, 0.2) is 41.0 Å². The fourth-order valence-electron chi connectivity index (χ4n) is 1.34. The summed E-state index contributed by atoms with van der Waals surface area (Å²) in [5, 5.41) is 7.39. The van der Waals surface area contributed by atoms with Gasteiger partial charge >= 0.3 is 0 Å². The zero-order chi connectivity index (χ0) is 13.1. The van der Waals surface area contributed by atoms with Crippen LogP contribution in [0.1, 0.15) is 5.56 Å². The zero-order valence-corrected chi connectivity index (χ0v) is 10.7. The highest BCUT2D eigenvalue weighted by molar-refractivity contribution is 9.10. The number of benzene rings is 1. The van der Waals surface area contributed by atoms with E-state index >= 15 is 0 Å². The number of nitrogens with zero attached hydrogens (tertiary/aromatic N) is 1. The lowest BCUT2D eigenvalue weighted by Gasteiger charge is -2.09. The molecule has 3 N–H and O–H groups in total. The molecule has 0 aliphatic heterocycles. The van der Waals surface area contributed by atoms with Gasteiger partial charge in [-0.2, -0.15) is 0 Å². The zero-order valence-electron chi connectivity index (χ0n) is 9.15. The predicted octanol–water partition coefficient (Wildman–Crippen LogP) is 3.06. The van der Waals surface area contributed by atoms with Crippen molar-refractivity contribution >= 4 is 21.8 Å². The van der Waals surface area contributed by atoms with Crippen LogP contribution in [-0.4, -0.2) is 10.8 Å². The molecular formula is C12H9BrFN3O. The molecule has 18 heavy (non-hydrogen) atoms. The highest BCUT2D eigenvalue weighted by Gasteiger charge is 2.11. The number of hydrogen-bond donors (Lipinski definition) is 2. The molecule has 1 aromatic carbocycles. The predicted molar refractivity (Wildman–Crippen MR) is 69.4 cm³/mol. The Kier molecular flexibility index (Phi) is 3.57. The Hall–Kier alpha value is -1.95. The van der Waals surface area contributed by atoms with Crippen molar-refractivity contribution in [1.29, 1.82) is 5.41 Å². The van der Waals surface area contributed by atoms with E-state index in [4.69, 9.17) is 15.9 Å². The van der Waals surface area contributed by atoms with E-state index in [1.54, 1.807) is 18.2 Å². The Morgan fingerprint density at radius 3 is 2.89 bits per heavy atom. The summed E-state index contributed by atoms with van der Waals surface area (Å²) in [6, 6.07) is 7.53. The SMILES string of the molecule is N=C(N)c1cccnc1Oc1cc(Br)ccc1F. The molecule has 0 fully saturated rings. The van der Waals surface area contributed by atoms with E-state index in [-0.39, 0.29) is 17.5 Å². The van der Waals surface area contributed by atoms with E-state index in [1.807, 2.05) is 0 Å². The van der Waals surface area contributed by atoms with Crippen LogP contribution in [0, 0.1) is 11.2 Å². The third-order valence-electron chi connectivity index (χ3n) is 2.16. The van der Waals surface area contributed by atoms with Crippen molar-refractivity contribution in [1.82, 2.24) is 4.98 Å². The molecule has 0 amide bonds. The van der Waals surface area contributed by atoms with Crippen LogP contribution in [0.3, 0.4) is 0 Å². The number of aromatic nitrogens is 1. The number of nitrogens with two attached hydrogens (primary N) is 1. The molecule has 0 atom stereocenters. The van der Waals surface area contributed by atoms with Crippen LogP contribution < -0.4 is 10.5 Å². The lowest BCUT2D eigenvalue weighted by Crippen LogP contribution is -2.13. The maximum atomic E-state index is 13.5. The van der Waals surface area contributed by atoms with Crippen LogP contribution in [0.2, 0.25) is 0 Å². The molecule has 0 saturated heterocycles. The highest BCUT2D eigenvalue weighted by atomic mass is 79.9. The van der Waals surface area contributed by atoms with E-state index in [9.17, 15) is 4.39 Å². The minimum absolute atomic E-state index is 0.0191. The van der Waals surface area contributed by atoms with E-state index in [1.165, 1.54) is 18.3 Å². The number of amidine groups is 1. The first-order valence-corrected chi connectivity index (χ1v) is 5.79. The highest BCUT2D eigenvalue weighted by Crippen LogP contribution is 2.28. The largest absolute Gasteiger partial charge is 0.435 e. The van der Waals surface area contributed by atoms with Crippen LogP contribution in [0.5, 0.6) is 11.6 Å². The second-order valence-electron chi connectivity index (χ2n) is 3.45. The number of pyridine rings is 1. The maximum Gasteiger partial charge on any atom is 0.230 e. The normalized spacial score (nSPS) is 10.1. The fourth-order valence-corrected chi connectivity index (χ4v) is 1.68. The minimum atomic E-state index is -0.515. The average molecular weight is 310 g/mol. The molecule has 0 radical (unpaired) electrons. The van der Waals surface area contributed by atoms with Gasteiger partial charge in [-0.05, 0) is 30.3 Å². The van der Waals surface area contributed by atoms with Gasteiger partial charge in [-0.1, -0.05) is 15.9 Å². The van der Waals surface area contributed by atoms with Gasteiger partial charge in [-0.3, -0.25) is 5.41 Å². The van der Waals surface area contributed by atoms with Crippen LogP contribution in [0.25, 0.3) is 0 Å². The van der Waals surface area contributed by atoms with E-state index in [0.717, 1.165) is 0 Å². The minimum Gasteiger partial charge on any atom is -0.435 e. The fraction of sp³-hybridized carbons (Fsp3) is 0. The first kappa shape index (κ1) is 12.5. The van der Waals surface area contributed by atoms with E-state index < -0.39 is 5.82 Å². The lowest BCUT2D eigenvalue weighted by molar-refractivity contribution is 0.426. The number of hydrogen-bond acceptors (Lipinski definition) is 3. The van der Waals surface area contributed by atoms with E-state index in [2.05, 4.69) is 20.9 Å². The summed E-state index contributed by atoms with van der Waals surface area (Å²) in [7, 11) is 0. The van der Waals surface area contributed by atoms with Gasteiger partial charge in [0.2, 0.25) is 5.88 Å². The summed E-state index contributed by atoms with van der Waals surface area (Å²) in [5.74, 6) is -0.584. The molecular weight excluding hydrogens is 301 g/mol.